The fourth-order valence-corrected chi connectivity index (χ4v) is 4.51. The Balaban J connectivity index is 2.53. The number of hydrogen-bond acceptors (Lipinski definition) is 5. The second kappa shape index (κ2) is 15.4. The Hall–Kier alpha value is -3.39. The molecule has 0 radical (unpaired) electrons. The number of rotatable bonds is 13. The number of aliphatic hydroxyl groups excluding tert-OH is 1. The van der Waals surface area contributed by atoms with E-state index in [-0.39, 0.29) is 12.5 Å². The standard InChI is InChI=1S/C32H47N3O5/c1-8-9-10-11-14-19-35(30(38)27(21-36)34-31(39)40-32(5,6)7)28(25-20-22(2)17-18-23(25)3)29(37)33-26-16-13-12-15-24(26)4/h12-13,15-18,20,27-28,36H,8-11,14,19,21H2,1-7H3,(H,33,37)(H,34,39). The molecule has 0 saturated heterocycles. The molecular formula is C32H47N3O5. The van der Waals surface area contributed by atoms with Crippen LogP contribution in [0.3, 0.4) is 0 Å². The molecule has 3 amide bonds. The maximum atomic E-state index is 14.1. The molecule has 2 atom stereocenters. The SMILES string of the molecule is CCCCCCCN(C(=O)C(CO)NC(=O)OC(C)(C)C)C(C(=O)Nc1ccccc1C)c1cc(C)ccc1C. The quantitative estimate of drug-likeness (QED) is 0.265. The molecule has 0 aromatic heterocycles. The summed E-state index contributed by atoms with van der Waals surface area (Å²) in [6, 6.07) is 11.0. The van der Waals surface area contributed by atoms with Crippen molar-refractivity contribution < 1.29 is 24.2 Å². The molecule has 0 aliphatic heterocycles. The minimum absolute atomic E-state index is 0.286. The van der Waals surface area contributed by atoms with Crippen molar-refractivity contribution in [3.05, 3.63) is 64.7 Å². The summed E-state index contributed by atoms with van der Waals surface area (Å²) >= 11 is 0. The average Bonchev–Trinajstić information content (AvgIpc) is 2.88. The normalized spacial score (nSPS) is 12.8. The second-order valence-electron chi connectivity index (χ2n) is 11.4. The first-order chi connectivity index (χ1) is 18.9. The summed E-state index contributed by atoms with van der Waals surface area (Å²) in [6.07, 6.45) is 3.94. The van der Waals surface area contributed by atoms with E-state index >= 15 is 0 Å². The molecule has 8 nitrogen and oxygen atoms in total. The first-order valence-electron chi connectivity index (χ1n) is 14.2. The van der Waals surface area contributed by atoms with Gasteiger partial charge in [-0.1, -0.05) is 74.6 Å². The van der Waals surface area contributed by atoms with Crippen LogP contribution in [0.1, 0.15) is 88.1 Å². The Morgan fingerprint density at radius 3 is 2.25 bits per heavy atom. The number of alkyl carbamates (subject to hydrolysis) is 1. The number of carbonyl (C=O) groups excluding carboxylic acids is 3. The molecule has 2 aromatic rings. The van der Waals surface area contributed by atoms with Gasteiger partial charge in [0.2, 0.25) is 5.91 Å². The zero-order valence-corrected chi connectivity index (χ0v) is 25.2. The van der Waals surface area contributed by atoms with E-state index in [2.05, 4.69) is 17.6 Å². The fourth-order valence-electron chi connectivity index (χ4n) is 4.51. The smallest absolute Gasteiger partial charge is 0.408 e. The first kappa shape index (κ1) is 32.8. The highest BCUT2D eigenvalue weighted by Crippen LogP contribution is 2.29. The van der Waals surface area contributed by atoms with Gasteiger partial charge in [0.15, 0.2) is 0 Å². The number of nitrogens with one attached hydrogen (secondary N) is 2. The third kappa shape index (κ3) is 9.97. The van der Waals surface area contributed by atoms with Crippen molar-refractivity contribution in [3.8, 4) is 0 Å². The molecule has 0 aliphatic carbocycles. The Kier molecular flexibility index (Phi) is 12.6. The average molecular weight is 554 g/mol. The Morgan fingerprint density at radius 1 is 0.950 bits per heavy atom. The molecule has 0 bridgehead atoms. The van der Waals surface area contributed by atoms with Crippen molar-refractivity contribution >= 4 is 23.6 Å². The van der Waals surface area contributed by atoms with Crippen molar-refractivity contribution in [3.63, 3.8) is 0 Å². The van der Waals surface area contributed by atoms with E-state index in [0.29, 0.717) is 17.7 Å². The van der Waals surface area contributed by atoms with Gasteiger partial charge in [0.1, 0.15) is 17.7 Å². The van der Waals surface area contributed by atoms with Crippen LogP contribution in [0.25, 0.3) is 0 Å². The van der Waals surface area contributed by atoms with Gasteiger partial charge in [0.25, 0.3) is 5.91 Å². The van der Waals surface area contributed by atoms with Crippen LogP contribution < -0.4 is 10.6 Å². The van der Waals surface area contributed by atoms with E-state index in [1.54, 1.807) is 20.8 Å². The van der Waals surface area contributed by atoms with Gasteiger partial charge in [-0.25, -0.2) is 4.79 Å². The summed E-state index contributed by atoms with van der Waals surface area (Å²) < 4.78 is 5.33. The minimum Gasteiger partial charge on any atom is -0.444 e. The minimum atomic E-state index is -1.27. The first-order valence-corrected chi connectivity index (χ1v) is 14.2. The summed E-state index contributed by atoms with van der Waals surface area (Å²) in [6.45, 7) is 12.7. The van der Waals surface area contributed by atoms with Crippen LogP contribution in [0.5, 0.6) is 0 Å². The van der Waals surface area contributed by atoms with Crippen LogP contribution in [0.4, 0.5) is 10.5 Å². The highest BCUT2D eigenvalue weighted by molar-refractivity contribution is 5.99. The van der Waals surface area contributed by atoms with Crippen LogP contribution in [0.15, 0.2) is 42.5 Å². The summed E-state index contributed by atoms with van der Waals surface area (Å²) in [4.78, 5) is 42.1. The molecule has 0 saturated carbocycles. The number of carbonyl (C=O) groups is 3. The molecule has 3 N–H and O–H groups in total. The molecule has 8 heteroatoms. The topological polar surface area (TPSA) is 108 Å². The Bertz CT molecular complexity index is 1140. The third-order valence-corrected chi connectivity index (χ3v) is 6.65. The second-order valence-corrected chi connectivity index (χ2v) is 11.4. The molecule has 40 heavy (non-hydrogen) atoms. The fraction of sp³-hybridized carbons (Fsp3) is 0.531. The molecular weight excluding hydrogens is 506 g/mol. The van der Waals surface area contributed by atoms with E-state index in [4.69, 9.17) is 4.74 Å². The molecule has 2 rings (SSSR count). The van der Waals surface area contributed by atoms with Crippen LogP contribution in [-0.4, -0.2) is 52.7 Å². The summed E-state index contributed by atoms with van der Waals surface area (Å²) in [7, 11) is 0. The lowest BCUT2D eigenvalue weighted by Gasteiger charge is -2.35. The number of benzene rings is 2. The van der Waals surface area contributed by atoms with Crippen molar-refractivity contribution in [2.75, 3.05) is 18.5 Å². The Labute approximate surface area is 239 Å². The number of ether oxygens (including phenoxy) is 1. The molecule has 2 unspecified atom stereocenters. The lowest BCUT2D eigenvalue weighted by atomic mass is 9.95. The highest BCUT2D eigenvalue weighted by atomic mass is 16.6. The lowest BCUT2D eigenvalue weighted by molar-refractivity contribution is -0.141. The number of anilines is 1. The summed E-state index contributed by atoms with van der Waals surface area (Å²) in [5.41, 5.74) is 3.29. The van der Waals surface area contributed by atoms with Gasteiger partial charge in [-0.15, -0.1) is 0 Å². The maximum Gasteiger partial charge on any atom is 0.408 e. The molecule has 220 valence electrons. The van der Waals surface area contributed by atoms with Crippen molar-refractivity contribution in [1.29, 1.82) is 0 Å². The predicted molar refractivity (Wildman–Crippen MR) is 159 cm³/mol. The molecule has 2 aromatic carbocycles. The van der Waals surface area contributed by atoms with E-state index in [0.717, 1.165) is 42.4 Å². The van der Waals surface area contributed by atoms with Crippen LogP contribution in [-0.2, 0) is 14.3 Å². The number of unbranched alkanes of at least 4 members (excludes halogenated alkanes) is 4. The van der Waals surface area contributed by atoms with Gasteiger partial charge in [-0.2, -0.15) is 0 Å². The summed E-state index contributed by atoms with van der Waals surface area (Å²) in [5.74, 6) is -0.909. The molecule has 0 heterocycles. The number of amides is 3. The zero-order chi connectivity index (χ0) is 29.9. The number of nitrogens with zero attached hydrogens (tertiary/aromatic N) is 1. The maximum absolute atomic E-state index is 14.1. The van der Waals surface area contributed by atoms with E-state index < -0.39 is 36.3 Å². The van der Waals surface area contributed by atoms with E-state index in [1.807, 2.05) is 63.2 Å². The van der Waals surface area contributed by atoms with E-state index in [9.17, 15) is 19.5 Å². The number of para-hydroxylation sites is 1. The van der Waals surface area contributed by atoms with Crippen molar-refractivity contribution in [1.82, 2.24) is 10.2 Å². The van der Waals surface area contributed by atoms with Gasteiger partial charge in [0.05, 0.1) is 6.61 Å². The monoisotopic (exact) mass is 553 g/mol. The van der Waals surface area contributed by atoms with Gasteiger partial charge in [-0.05, 0) is 70.7 Å². The Morgan fingerprint density at radius 2 is 1.62 bits per heavy atom. The number of aliphatic hydroxyl groups is 1. The third-order valence-electron chi connectivity index (χ3n) is 6.65. The highest BCUT2D eigenvalue weighted by Gasteiger charge is 2.36. The zero-order valence-electron chi connectivity index (χ0n) is 25.2. The van der Waals surface area contributed by atoms with Crippen molar-refractivity contribution in [2.24, 2.45) is 0 Å². The van der Waals surface area contributed by atoms with Gasteiger partial charge in [0, 0.05) is 12.2 Å². The van der Waals surface area contributed by atoms with Crippen LogP contribution in [0, 0.1) is 20.8 Å². The predicted octanol–water partition coefficient (Wildman–Crippen LogP) is 5.98. The van der Waals surface area contributed by atoms with Crippen LogP contribution >= 0.6 is 0 Å². The van der Waals surface area contributed by atoms with Crippen LogP contribution in [0.2, 0.25) is 0 Å². The van der Waals surface area contributed by atoms with Crippen molar-refractivity contribution in [2.45, 2.75) is 98.3 Å². The largest absolute Gasteiger partial charge is 0.444 e. The number of hydrogen-bond donors (Lipinski definition) is 3. The molecule has 0 aliphatic rings. The lowest BCUT2D eigenvalue weighted by Crippen LogP contribution is -2.54. The van der Waals surface area contributed by atoms with Gasteiger partial charge in [-0.3, -0.25) is 9.59 Å². The van der Waals surface area contributed by atoms with E-state index in [1.165, 1.54) is 4.90 Å². The molecule has 0 spiro atoms. The number of aryl methyl sites for hydroxylation is 3. The summed E-state index contributed by atoms with van der Waals surface area (Å²) in [5, 5.41) is 15.7. The van der Waals surface area contributed by atoms with Gasteiger partial charge >= 0.3 is 6.09 Å². The molecule has 0 fully saturated rings. The van der Waals surface area contributed by atoms with Gasteiger partial charge < -0.3 is 25.4 Å².